The molecular formula is C70H70N4O16. The number of hydrogen-bond acceptors (Lipinski definition) is 16. The summed E-state index contributed by atoms with van der Waals surface area (Å²) in [5.41, 5.74) is -1.77. The molecule has 7 aromatic rings. The van der Waals surface area contributed by atoms with Crippen LogP contribution < -0.4 is 36.1 Å². The molecule has 4 N–H and O–H groups in total. The molecular weight excluding hydrogens is 1150 g/mol. The second-order valence-electron chi connectivity index (χ2n) is 24.0. The van der Waals surface area contributed by atoms with E-state index in [1.165, 1.54) is 35.0 Å². The Labute approximate surface area is 519 Å². The predicted octanol–water partition coefficient (Wildman–Crippen LogP) is 9.15. The molecule has 3 aliphatic rings. The maximum Gasteiger partial charge on any atom is 0.340 e. The molecule has 1 saturated heterocycles. The second-order valence-corrected chi connectivity index (χ2v) is 24.0. The first-order valence-electron chi connectivity index (χ1n) is 29.5. The van der Waals surface area contributed by atoms with Crippen molar-refractivity contribution in [3.63, 3.8) is 0 Å². The van der Waals surface area contributed by atoms with Crippen molar-refractivity contribution in [3.8, 4) is 34.8 Å². The summed E-state index contributed by atoms with van der Waals surface area (Å²) >= 11 is 0. The summed E-state index contributed by atoms with van der Waals surface area (Å²) in [6.07, 6.45) is 0.0758. The third kappa shape index (κ3) is 13.4. The molecule has 1 fully saturated rings. The minimum Gasteiger partial charge on any atom is -0.497 e. The van der Waals surface area contributed by atoms with Gasteiger partial charge in [-0.1, -0.05) is 72.9 Å². The Morgan fingerprint density at radius 1 is 0.689 bits per heavy atom. The molecule has 20 heteroatoms. The first-order chi connectivity index (χ1) is 43.0. The first kappa shape index (κ1) is 63.2. The Morgan fingerprint density at radius 3 is 1.84 bits per heavy atom. The van der Waals surface area contributed by atoms with Crippen LogP contribution in [0.3, 0.4) is 0 Å². The Morgan fingerprint density at radius 2 is 1.27 bits per heavy atom. The van der Waals surface area contributed by atoms with Gasteiger partial charge in [-0.15, -0.1) is 0 Å². The molecule has 0 radical (unpaired) electrons. The lowest BCUT2D eigenvalue weighted by atomic mass is 9.76. The first-order valence-corrected chi connectivity index (χ1v) is 29.5. The maximum absolute atomic E-state index is 13.8. The van der Waals surface area contributed by atoms with Gasteiger partial charge in [-0.3, -0.25) is 23.9 Å². The van der Waals surface area contributed by atoms with Gasteiger partial charge in [0.2, 0.25) is 5.91 Å². The van der Waals surface area contributed by atoms with Gasteiger partial charge in [0.05, 0.1) is 50.2 Å². The van der Waals surface area contributed by atoms with Crippen molar-refractivity contribution < 1.29 is 67.0 Å². The van der Waals surface area contributed by atoms with Gasteiger partial charge in [0.15, 0.2) is 5.60 Å². The monoisotopic (exact) mass is 1220 g/mol. The fourth-order valence-corrected chi connectivity index (χ4v) is 11.2. The van der Waals surface area contributed by atoms with E-state index >= 15 is 0 Å². The molecule has 0 aliphatic carbocycles. The minimum absolute atomic E-state index is 0.0000735. The molecule has 90 heavy (non-hydrogen) atoms. The number of fused-ring (bicyclic) bond motifs is 6. The van der Waals surface area contributed by atoms with Crippen molar-refractivity contribution in [1.29, 1.82) is 0 Å². The summed E-state index contributed by atoms with van der Waals surface area (Å²) in [6.45, 7) is 10.5. The van der Waals surface area contributed by atoms with Crippen LogP contribution in [0.25, 0.3) is 0 Å². The zero-order valence-electron chi connectivity index (χ0n) is 51.2. The number of benzene rings is 6. The highest BCUT2D eigenvalue weighted by atomic mass is 16.6. The van der Waals surface area contributed by atoms with Crippen LogP contribution in [0.1, 0.15) is 160 Å². The van der Waals surface area contributed by atoms with Crippen LogP contribution in [0.2, 0.25) is 0 Å². The highest BCUT2D eigenvalue weighted by Gasteiger charge is 2.54. The molecule has 3 aliphatic heterocycles. The number of carbonyl (C=O) groups excluding carboxylic acids is 5. The number of nitrogens with zero attached hydrogens (tertiary/aromatic N) is 1. The number of carbonyl (C=O) groups is 5. The standard InChI is InChI=1S/C70H70N4O16/c1-67(2,3)88-63(79)43-21-32-52-56(37-43)86-57-38-44(64(80)89-68(4,5)6)22-33-53(57)70(52)54-36-42(20-31-51(54)65(81)90-70)61(77)72-34-14-10-13-19-59(76)71-35-15-16-45-40-74(66(82)73-62(45)78)60-39-55(75)58(87-60)41-85-69(46-17-11-9-12-18-46,47-23-27-49(83-7)28-24-47)48-25-29-50(84-8)30-26-48/h9,11-12,17-18,20-33,36-38,40,55,58,60,75H,10,13-14,19,34-35,39,41H2,1-8H3,(H,71,76)(H,72,77)(H,73,78,82)/t55-,58+,60+/m0/s1. The van der Waals surface area contributed by atoms with E-state index < -0.39 is 75.9 Å². The Balaban J connectivity index is 0.743. The van der Waals surface area contributed by atoms with Gasteiger partial charge in [-0.2, -0.15) is 0 Å². The summed E-state index contributed by atoms with van der Waals surface area (Å²) < 4.78 is 49.4. The highest BCUT2D eigenvalue weighted by Crippen LogP contribution is 2.57. The Bertz CT molecular complexity index is 3930. The molecule has 2 amide bonds. The van der Waals surface area contributed by atoms with Gasteiger partial charge in [-0.25, -0.2) is 19.2 Å². The van der Waals surface area contributed by atoms with E-state index in [-0.39, 0.29) is 77.8 Å². The molecule has 0 saturated carbocycles. The lowest BCUT2D eigenvalue weighted by Crippen LogP contribution is -2.38. The fraction of sp³-hybridized carbons (Fsp3) is 0.329. The summed E-state index contributed by atoms with van der Waals surface area (Å²) in [6, 6.07) is 38.6. The molecule has 3 atom stereocenters. The lowest BCUT2D eigenvalue weighted by Gasteiger charge is -2.37. The maximum atomic E-state index is 13.8. The topological polar surface area (TPSA) is 258 Å². The number of methoxy groups -OCH3 is 2. The second kappa shape index (κ2) is 26.1. The largest absolute Gasteiger partial charge is 0.497 e. The predicted molar refractivity (Wildman–Crippen MR) is 330 cm³/mol. The third-order valence-electron chi connectivity index (χ3n) is 15.4. The van der Waals surface area contributed by atoms with E-state index in [1.54, 1.807) is 86.1 Å². The van der Waals surface area contributed by atoms with Crippen molar-refractivity contribution in [2.45, 2.75) is 114 Å². The number of aromatic amines is 1. The number of ether oxygens (including phenoxy) is 8. The smallest absolute Gasteiger partial charge is 0.340 e. The van der Waals surface area contributed by atoms with Crippen molar-refractivity contribution >= 4 is 29.7 Å². The molecule has 20 nitrogen and oxygen atoms in total. The van der Waals surface area contributed by atoms with Crippen LogP contribution >= 0.6 is 0 Å². The molecule has 6 aromatic carbocycles. The average Bonchev–Trinajstić information content (AvgIpc) is 1.45. The zero-order valence-corrected chi connectivity index (χ0v) is 51.2. The Kier molecular flexibility index (Phi) is 18.3. The van der Waals surface area contributed by atoms with Crippen molar-refractivity contribution in [2.24, 2.45) is 0 Å². The van der Waals surface area contributed by atoms with Gasteiger partial charge < -0.3 is 53.6 Å². The van der Waals surface area contributed by atoms with E-state index in [0.717, 1.165) is 16.7 Å². The number of esters is 3. The van der Waals surface area contributed by atoms with E-state index in [1.807, 2.05) is 78.9 Å². The highest BCUT2D eigenvalue weighted by molar-refractivity contribution is 6.01. The van der Waals surface area contributed by atoms with Gasteiger partial charge in [0, 0.05) is 47.8 Å². The van der Waals surface area contributed by atoms with Crippen molar-refractivity contribution in [3.05, 3.63) is 222 Å². The van der Waals surface area contributed by atoms with Crippen LogP contribution in [0, 0.1) is 11.8 Å². The normalized spacial score (nSPS) is 16.2. The van der Waals surface area contributed by atoms with Crippen LogP contribution in [-0.4, -0.2) is 102 Å². The van der Waals surface area contributed by atoms with E-state index in [0.29, 0.717) is 47.5 Å². The number of amides is 2. The minimum atomic E-state index is -1.66. The molecule has 10 rings (SSSR count). The SMILES string of the molecule is COc1ccc(C(OC[C@H]2O[C@@H](n3cc(C#CCNC(=O)CCCCCNC(=O)c4ccc5c(c4)C4(OC5=O)c5ccc(C(=O)OC(C)(C)C)cc5Oc5cc(C(=O)OC(C)(C)C)ccc54)c(=O)[nH]c3=O)C[C@@H]2O)(c2ccccc2)c2ccc(OC)cc2)cc1. The number of rotatable bonds is 19. The number of aliphatic hydroxyl groups is 1. The van der Waals surface area contributed by atoms with Crippen molar-refractivity contribution in [1.82, 2.24) is 20.2 Å². The van der Waals surface area contributed by atoms with Crippen molar-refractivity contribution in [2.75, 3.05) is 33.9 Å². The number of nitrogens with one attached hydrogen (secondary N) is 3. The number of H-pyrrole nitrogens is 1. The van der Waals surface area contributed by atoms with E-state index in [9.17, 15) is 38.7 Å². The average molecular weight is 1220 g/mol. The van der Waals surface area contributed by atoms with E-state index in [2.05, 4.69) is 27.5 Å². The van der Waals surface area contributed by atoms with Crippen LogP contribution in [0.15, 0.2) is 149 Å². The summed E-state index contributed by atoms with van der Waals surface area (Å²) in [7, 11) is 3.18. The van der Waals surface area contributed by atoms with Gasteiger partial charge in [0.25, 0.3) is 11.5 Å². The van der Waals surface area contributed by atoms with Crippen LogP contribution in [0.5, 0.6) is 23.0 Å². The Hall–Kier alpha value is -9.81. The molecule has 466 valence electrons. The zero-order chi connectivity index (χ0) is 64.1. The molecule has 4 heterocycles. The number of unbranched alkanes of at least 4 members (excludes halogenated alkanes) is 2. The lowest BCUT2D eigenvalue weighted by molar-refractivity contribution is -0.121. The number of hydrogen-bond donors (Lipinski definition) is 4. The summed E-state index contributed by atoms with van der Waals surface area (Å²) in [4.78, 5) is 95.5. The molecule has 1 spiro atoms. The van der Waals surface area contributed by atoms with Gasteiger partial charge in [-0.05, 0) is 150 Å². The van der Waals surface area contributed by atoms with Gasteiger partial charge in [0.1, 0.15) is 57.7 Å². The van der Waals surface area contributed by atoms with Gasteiger partial charge >= 0.3 is 23.6 Å². The van der Waals surface area contributed by atoms with Crippen LogP contribution in [0.4, 0.5) is 0 Å². The third-order valence-corrected chi connectivity index (χ3v) is 15.4. The number of aromatic nitrogens is 2. The fourth-order valence-electron chi connectivity index (χ4n) is 11.2. The molecule has 0 bridgehead atoms. The summed E-state index contributed by atoms with van der Waals surface area (Å²) in [5, 5.41) is 17.1. The summed E-state index contributed by atoms with van der Waals surface area (Å²) in [5.74, 6) is 4.57. The van der Waals surface area contributed by atoms with E-state index in [4.69, 9.17) is 37.9 Å². The molecule has 0 unspecified atom stereocenters. The quantitative estimate of drug-likeness (QED) is 0.0193. The van der Waals surface area contributed by atoms with Crippen LogP contribution in [-0.2, 0) is 39.7 Å². The molecule has 1 aromatic heterocycles. The number of aliphatic hydroxyl groups excluding tert-OH is 1.